The molecule has 21 heavy (non-hydrogen) atoms. The number of aromatic nitrogens is 1. The Kier molecular flexibility index (Phi) is 5.26. The predicted molar refractivity (Wildman–Crippen MR) is 90.7 cm³/mol. The van der Waals surface area contributed by atoms with Gasteiger partial charge in [-0.3, -0.25) is 4.98 Å². The highest BCUT2D eigenvalue weighted by Crippen LogP contribution is 2.35. The molecular weight excluding hydrogens is 258 g/mol. The molecule has 0 aromatic carbocycles. The summed E-state index contributed by atoms with van der Waals surface area (Å²) in [5.41, 5.74) is 2.81. The quantitative estimate of drug-likeness (QED) is 0.887. The minimum absolute atomic E-state index is 0.333. The van der Waals surface area contributed by atoms with Crippen LogP contribution in [0.5, 0.6) is 0 Å². The molecule has 1 saturated heterocycles. The van der Waals surface area contributed by atoms with Crippen LogP contribution in [0, 0.1) is 11.3 Å². The van der Waals surface area contributed by atoms with Crippen molar-refractivity contribution in [2.24, 2.45) is 11.3 Å². The monoisotopic (exact) mass is 289 g/mol. The van der Waals surface area contributed by atoms with Crippen LogP contribution in [0.3, 0.4) is 0 Å². The maximum Gasteiger partial charge on any atom is 0.0572 e. The van der Waals surface area contributed by atoms with Crippen LogP contribution in [0.15, 0.2) is 18.3 Å². The number of rotatable bonds is 5. The minimum atomic E-state index is 0.333. The van der Waals surface area contributed by atoms with Gasteiger partial charge in [0.1, 0.15) is 0 Å². The number of hydrogen-bond acceptors (Lipinski definition) is 3. The average molecular weight is 289 g/mol. The number of nitrogens with one attached hydrogen (secondary N) is 1. The summed E-state index contributed by atoms with van der Waals surface area (Å²) in [5.74, 6) is 0.780. The van der Waals surface area contributed by atoms with Crippen molar-refractivity contribution in [2.75, 3.05) is 24.5 Å². The molecule has 3 heteroatoms. The molecule has 3 nitrogen and oxygen atoms in total. The summed E-state index contributed by atoms with van der Waals surface area (Å²) >= 11 is 0. The fourth-order valence-electron chi connectivity index (χ4n) is 3.01. The molecule has 2 unspecified atom stereocenters. The Balaban J connectivity index is 1.97. The molecule has 0 saturated carbocycles. The third-order valence-corrected chi connectivity index (χ3v) is 4.69. The van der Waals surface area contributed by atoms with Gasteiger partial charge in [-0.05, 0) is 49.8 Å². The summed E-state index contributed by atoms with van der Waals surface area (Å²) in [6.45, 7) is 14.8. The predicted octanol–water partition coefficient (Wildman–Crippen LogP) is 4.01. The summed E-state index contributed by atoms with van der Waals surface area (Å²) in [4.78, 5) is 7.14. The fraction of sp³-hybridized carbons (Fsp3) is 0.722. The zero-order valence-corrected chi connectivity index (χ0v) is 14.3. The van der Waals surface area contributed by atoms with E-state index in [1.54, 1.807) is 0 Å². The smallest absolute Gasteiger partial charge is 0.0572 e. The average Bonchev–Trinajstić information content (AvgIpc) is 2.95. The topological polar surface area (TPSA) is 28.2 Å². The highest BCUT2D eigenvalue weighted by molar-refractivity contribution is 5.46. The number of anilines is 1. The van der Waals surface area contributed by atoms with Gasteiger partial charge in [-0.2, -0.15) is 0 Å². The molecule has 118 valence electrons. The van der Waals surface area contributed by atoms with Crippen LogP contribution in [0.4, 0.5) is 5.69 Å². The van der Waals surface area contributed by atoms with Gasteiger partial charge >= 0.3 is 0 Å². The molecule has 1 aliphatic heterocycles. The summed E-state index contributed by atoms with van der Waals surface area (Å²) in [6, 6.07) is 4.74. The van der Waals surface area contributed by atoms with E-state index in [1.807, 2.05) is 6.20 Å². The van der Waals surface area contributed by atoms with Crippen LogP contribution in [0.25, 0.3) is 0 Å². The van der Waals surface area contributed by atoms with Crippen molar-refractivity contribution >= 4 is 5.69 Å². The van der Waals surface area contributed by atoms with Crippen molar-refractivity contribution in [2.45, 2.75) is 53.5 Å². The Bertz CT molecular complexity index is 433. The number of pyridine rings is 1. The molecule has 0 aliphatic carbocycles. The fourth-order valence-corrected chi connectivity index (χ4v) is 3.01. The van der Waals surface area contributed by atoms with Gasteiger partial charge in [0, 0.05) is 19.1 Å². The van der Waals surface area contributed by atoms with Crippen LogP contribution in [-0.4, -0.2) is 24.6 Å². The first kappa shape index (κ1) is 16.3. The molecule has 2 atom stereocenters. The highest BCUT2D eigenvalue weighted by atomic mass is 15.2. The summed E-state index contributed by atoms with van der Waals surface area (Å²) in [6.07, 6.45) is 4.49. The molecule has 0 radical (unpaired) electrons. The molecule has 0 spiro atoms. The van der Waals surface area contributed by atoms with Crippen molar-refractivity contribution < 1.29 is 0 Å². The van der Waals surface area contributed by atoms with Crippen molar-refractivity contribution in [1.82, 2.24) is 10.3 Å². The Labute approximate surface area is 130 Å². The summed E-state index contributed by atoms with van der Waals surface area (Å²) in [5, 5.41) is 3.49. The first-order valence-electron chi connectivity index (χ1n) is 8.36. The lowest BCUT2D eigenvalue weighted by atomic mass is 9.80. The second kappa shape index (κ2) is 6.78. The van der Waals surface area contributed by atoms with E-state index in [9.17, 15) is 0 Å². The lowest BCUT2D eigenvalue weighted by Gasteiger charge is -2.27. The van der Waals surface area contributed by atoms with Crippen LogP contribution in [0.2, 0.25) is 0 Å². The lowest BCUT2D eigenvalue weighted by molar-refractivity contribution is 0.263. The SMILES string of the molecule is CCCNC(C)c1ccc(N2CCC(C(C)(C)C)C2)cn1. The maximum atomic E-state index is 4.66. The van der Waals surface area contributed by atoms with Crippen LogP contribution in [-0.2, 0) is 0 Å². The second-order valence-electron chi connectivity index (χ2n) is 7.41. The third-order valence-electron chi connectivity index (χ3n) is 4.69. The van der Waals surface area contributed by atoms with Gasteiger partial charge in [-0.1, -0.05) is 27.7 Å². The van der Waals surface area contributed by atoms with Gasteiger partial charge in [0.05, 0.1) is 17.6 Å². The zero-order chi connectivity index (χ0) is 15.5. The van der Waals surface area contributed by atoms with Crippen LogP contribution in [0.1, 0.15) is 59.2 Å². The molecule has 2 rings (SSSR count). The summed E-state index contributed by atoms with van der Waals surface area (Å²) < 4.78 is 0. The molecule has 1 fully saturated rings. The van der Waals surface area contributed by atoms with Gasteiger partial charge in [0.15, 0.2) is 0 Å². The maximum absolute atomic E-state index is 4.66. The van der Waals surface area contributed by atoms with Gasteiger partial charge < -0.3 is 10.2 Å². The molecule has 1 aliphatic rings. The molecule has 0 bridgehead atoms. The second-order valence-corrected chi connectivity index (χ2v) is 7.41. The van der Waals surface area contributed by atoms with E-state index in [2.05, 4.69) is 62.0 Å². The molecule has 1 aromatic rings. The Hall–Kier alpha value is -1.09. The zero-order valence-electron chi connectivity index (χ0n) is 14.3. The van der Waals surface area contributed by atoms with E-state index in [-0.39, 0.29) is 0 Å². The van der Waals surface area contributed by atoms with E-state index in [0.29, 0.717) is 11.5 Å². The van der Waals surface area contributed by atoms with Crippen molar-refractivity contribution in [3.05, 3.63) is 24.0 Å². The van der Waals surface area contributed by atoms with Crippen molar-refractivity contribution in [3.8, 4) is 0 Å². The van der Waals surface area contributed by atoms with Gasteiger partial charge in [-0.25, -0.2) is 0 Å². The lowest BCUT2D eigenvalue weighted by Crippen LogP contribution is -2.26. The van der Waals surface area contributed by atoms with E-state index in [0.717, 1.165) is 37.7 Å². The molecule has 0 amide bonds. The molecule has 1 aromatic heterocycles. The van der Waals surface area contributed by atoms with Crippen LogP contribution < -0.4 is 10.2 Å². The first-order valence-corrected chi connectivity index (χ1v) is 8.36. The summed E-state index contributed by atoms with van der Waals surface area (Å²) in [7, 11) is 0. The van der Waals surface area contributed by atoms with Gasteiger partial charge in [0.2, 0.25) is 0 Å². The molecule has 1 N–H and O–H groups in total. The van der Waals surface area contributed by atoms with E-state index < -0.39 is 0 Å². The standard InChI is InChI=1S/C18H31N3/c1-6-10-19-14(2)17-8-7-16(12-20-17)21-11-9-15(13-21)18(3,4)5/h7-8,12,14-15,19H,6,9-11,13H2,1-5H3. The van der Waals surface area contributed by atoms with Crippen molar-refractivity contribution in [1.29, 1.82) is 0 Å². The molecular formula is C18H31N3. The largest absolute Gasteiger partial charge is 0.370 e. The van der Waals surface area contributed by atoms with E-state index >= 15 is 0 Å². The minimum Gasteiger partial charge on any atom is -0.370 e. The Morgan fingerprint density at radius 1 is 1.38 bits per heavy atom. The third kappa shape index (κ3) is 4.19. The van der Waals surface area contributed by atoms with E-state index in [1.165, 1.54) is 12.1 Å². The number of hydrogen-bond donors (Lipinski definition) is 1. The molecule has 2 heterocycles. The Morgan fingerprint density at radius 2 is 2.14 bits per heavy atom. The van der Waals surface area contributed by atoms with Gasteiger partial charge in [0.25, 0.3) is 0 Å². The highest BCUT2D eigenvalue weighted by Gasteiger charge is 2.31. The van der Waals surface area contributed by atoms with Gasteiger partial charge in [-0.15, -0.1) is 0 Å². The van der Waals surface area contributed by atoms with E-state index in [4.69, 9.17) is 0 Å². The van der Waals surface area contributed by atoms with Crippen molar-refractivity contribution in [3.63, 3.8) is 0 Å². The first-order chi connectivity index (χ1) is 9.91. The normalized spacial score (nSPS) is 20.8. The van der Waals surface area contributed by atoms with Crippen LogP contribution >= 0.6 is 0 Å². The Morgan fingerprint density at radius 3 is 2.67 bits per heavy atom. The number of nitrogens with zero attached hydrogens (tertiary/aromatic N) is 2.